The maximum Gasteiger partial charge on any atom is 0.179 e. The molecule has 2 rings (SSSR count). The first-order valence-electron chi connectivity index (χ1n) is 4.95. The fraction of sp³-hybridized carbons (Fsp3) is 0.100. The quantitative estimate of drug-likeness (QED) is 0.835. The standard InChI is InChI=1S/C10H11N5O2S/c1-18(16,17)8-5-12-3-2-7(8)15-10-4-9(11)13-6-14-10/h2-6H,1H3,(H3,11,12,13,14,15). The molecule has 8 heteroatoms. The molecule has 0 saturated heterocycles. The van der Waals surface area contributed by atoms with Crippen LogP contribution in [0.1, 0.15) is 0 Å². The maximum absolute atomic E-state index is 11.6. The van der Waals surface area contributed by atoms with E-state index in [1.54, 1.807) is 6.07 Å². The number of pyridine rings is 1. The van der Waals surface area contributed by atoms with Crippen molar-refractivity contribution in [2.45, 2.75) is 4.90 Å². The predicted molar refractivity (Wildman–Crippen MR) is 67.1 cm³/mol. The zero-order valence-electron chi connectivity index (χ0n) is 9.53. The Morgan fingerprint density at radius 3 is 2.78 bits per heavy atom. The molecule has 2 heterocycles. The molecule has 0 bridgehead atoms. The summed E-state index contributed by atoms with van der Waals surface area (Å²) in [5.41, 5.74) is 5.91. The Kier molecular flexibility index (Phi) is 3.11. The van der Waals surface area contributed by atoms with E-state index in [4.69, 9.17) is 5.73 Å². The highest BCUT2D eigenvalue weighted by Crippen LogP contribution is 2.22. The molecule has 94 valence electrons. The van der Waals surface area contributed by atoms with E-state index in [0.717, 1.165) is 6.26 Å². The van der Waals surface area contributed by atoms with Gasteiger partial charge in [0.05, 0.1) is 5.69 Å². The molecule has 2 aromatic rings. The van der Waals surface area contributed by atoms with Gasteiger partial charge in [-0.3, -0.25) is 4.98 Å². The van der Waals surface area contributed by atoms with Crippen LogP contribution in [0.25, 0.3) is 0 Å². The Morgan fingerprint density at radius 2 is 2.11 bits per heavy atom. The lowest BCUT2D eigenvalue weighted by molar-refractivity contribution is 0.602. The molecule has 0 radical (unpaired) electrons. The van der Waals surface area contributed by atoms with Gasteiger partial charge in [-0.1, -0.05) is 0 Å². The number of rotatable bonds is 3. The molecule has 0 saturated carbocycles. The highest BCUT2D eigenvalue weighted by atomic mass is 32.2. The van der Waals surface area contributed by atoms with Crippen LogP contribution >= 0.6 is 0 Å². The normalized spacial score (nSPS) is 11.2. The number of nitrogens with two attached hydrogens (primary N) is 1. The summed E-state index contributed by atoms with van der Waals surface area (Å²) in [6, 6.07) is 3.06. The summed E-state index contributed by atoms with van der Waals surface area (Å²) in [5, 5.41) is 2.87. The lowest BCUT2D eigenvalue weighted by Gasteiger charge is -2.09. The monoisotopic (exact) mass is 265 g/mol. The van der Waals surface area contributed by atoms with Crippen molar-refractivity contribution >= 4 is 27.2 Å². The Morgan fingerprint density at radius 1 is 1.33 bits per heavy atom. The summed E-state index contributed by atoms with van der Waals surface area (Å²) in [6.45, 7) is 0. The van der Waals surface area contributed by atoms with E-state index in [0.29, 0.717) is 17.3 Å². The van der Waals surface area contributed by atoms with Crippen LogP contribution in [0.2, 0.25) is 0 Å². The molecule has 0 aliphatic rings. The minimum absolute atomic E-state index is 0.0992. The summed E-state index contributed by atoms with van der Waals surface area (Å²) in [6.07, 6.45) is 5.17. The van der Waals surface area contributed by atoms with Crippen LogP contribution in [0.4, 0.5) is 17.3 Å². The van der Waals surface area contributed by atoms with Crippen LogP contribution < -0.4 is 11.1 Å². The van der Waals surface area contributed by atoms with Crippen molar-refractivity contribution in [3.8, 4) is 0 Å². The molecular weight excluding hydrogens is 254 g/mol. The Labute approximate surface area is 104 Å². The van der Waals surface area contributed by atoms with Crippen molar-refractivity contribution in [2.75, 3.05) is 17.3 Å². The predicted octanol–water partition coefficient (Wildman–Crippen LogP) is 0.601. The van der Waals surface area contributed by atoms with Crippen LogP contribution in [-0.2, 0) is 9.84 Å². The average Bonchev–Trinajstić information content (AvgIpc) is 2.28. The van der Waals surface area contributed by atoms with Gasteiger partial charge >= 0.3 is 0 Å². The lowest BCUT2D eigenvalue weighted by Crippen LogP contribution is -2.04. The van der Waals surface area contributed by atoms with Gasteiger partial charge in [0.25, 0.3) is 0 Å². The van der Waals surface area contributed by atoms with E-state index in [-0.39, 0.29) is 4.90 Å². The van der Waals surface area contributed by atoms with E-state index < -0.39 is 9.84 Å². The van der Waals surface area contributed by atoms with Crippen LogP contribution in [0.15, 0.2) is 35.7 Å². The van der Waals surface area contributed by atoms with Gasteiger partial charge in [0.15, 0.2) is 9.84 Å². The van der Waals surface area contributed by atoms with E-state index >= 15 is 0 Å². The van der Waals surface area contributed by atoms with Crippen molar-refractivity contribution in [1.29, 1.82) is 0 Å². The van der Waals surface area contributed by atoms with Gasteiger partial charge in [0, 0.05) is 24.7 Å². The number of nitrogen functional groups attached to an aromatic ring is 1. The third-order valence-electron chi connectivity index (χ3n) is 2.13. The number of hydrogen-bond donors (Lipinski definition) is 2. The SMILES string of the molecule is CS(=O)(=O)c1cnccc1Nc1cc(N)ncn1. The summed E-state index contributed by atoms with van der Waals surface area (Å²) >= 11 is 0. The highest BCUT2D eigenvalue weighted by molar-refractivity contribution is 7.90. The first kappa shape index (κ1) is 12.2. The molecule has 0 spiro atoms. The summed E-state index contributed by atoms with van der Waals surface area (Å²) in [5.74, 6) is 0.709. The topological polar surface area (TPSA) is 111 Å². The second-order valence-corrected chi connectivity index (χ2v) is 5.58. The fourth-order valence-electron chi connectivity index (χ4n) is 1.36. The molecule has 0 aromatic carbocycles. The molecule has 0 amide bonds. The number of hydrogen-bond acceptors (Lipinski definition) is 7. The highest BCUT2D eigenvalue weighted by Gasteiger charge is 2.13. The summed E-state index contributed by atoms with van der Waals surface area (Å²) in [4.78, 5) is 11.6. The maximum atomic E-state index is 11.6. The largest absolute Gasteiger partial charge is 0.384 e. The molecule has 0 unspecified atom stereocenters. The van der Waals surface area contributed by atoms with Crippen LogP contribution in [0, 0.1) is 0 Å². The lowest BCUT2D eigenvalue weighted by atomic mass is 10.4. The van der Waals surface area contributed by atoms with Gasteiger partial charge < -0.3 is 11.1 Å². The molecule has 3 N–H and O–H groups in total. The van der Waals surface area contributed by atoms with Crippen LogP contribution in [-0.4, -0.2) is 29.6 Å². The number of aromatic nitrogens is 3. The molecule has 7 nitrogen and oxygen atoms in total. The van der Waals surface area contributed by atoms with E-state index in [1.165, 1.54) is 24.8 Å². The van der Waals surface area contributed by atoms with Gasteiger partial charge in [-0.05, 0) is 6.07 Å². The molecule has 2 aromatic heterocycles. The average molecular weight is 265 g/mol. The summed E-state index contributed by atoms with van der Waals surface area (Å²) < 4.78 is 23.1. The van der Waals surface area contributed by atoms with Crippen molar-refractivity contribution in [1.82, 2.24) is 15.0 Å². The Balaban J connectivity index is 2.41. The number of anilines is 3. The fourth-order valence-corrected chi connectivity index (χ4v) is 2.13. The third kappa shape index (κ3) is 2.72. The Hall–Kier alpha value is -2.22. The van der Waals surface area contributed by atoms with Crippen LogP contribution in [0.5, 0.6) is 0 Å². The van der Waals surface area contributed by atoms with Gasteiger partial charge in [-0.25, -0.2) is 18.4 Å². The van der Waals surface area contributed by atoms with E-state index in [9.17, 15) is 8.42 Å². The van der Waals surface area contributed by atoms with Gasteiger partial charge in [0.1, 0.15) is 22.9 Å². The Bertz CT molecular complexity index is 671. The molecule has 0 atom stereocenters. The van der Waals surface area contributed by atoms with Crippen molar-refractivity contribution in [2.24, 2.45) is 0 Å². The zero-order valence-corrected chi connectivity index (χ0v) is 10.3. The number of nitrogens with zero attached hydrogens (tertiary/aromatic N) is 3. The van der Waals surface area contributed by atoms with E-state index in [2.05, 4.69) is 20.3 Å². The third-order valence-corrected chi connectivity index (χ3v) is 3.26. The first-order valence-corrected chi connectivity index (χ1v) is 6.84. The van der Waals surface area contributed by atoms with E-state index in [1.807, 2.05) is 0 Å². The zero-order chi connectivity index (χ0) is 13.2. The number of sulfone groups is 1. The minimum atomic E-state index is -3.36. The molecule has 0 fully saturated rings. The number of nitrogens with one attached hydrogen (secondary N) is 1. The second-order valence-electron chi connectivity index (χ2n) is 3.60. The minimum Gasteiger partial charge on any atom is -0.384 e. The molecule has 0 aliphatic heterocycles. The van der Waals surface area contributed by atoms with Gasteiger partial charge in [-0.15, -0.1) is 0 Å². The van der Waals surface area contributed by atoms with Gasteiger partial charge in [0.2, 0.25) is 0 Å². The summed E-state index contributed by atoms with van der Waals surface area (Å²) in [7, 11) is -3.36. The molecule has 0 aliphatic carbocycles. The second kappa shape index (κ2) is 4.57. The van der Waals surface area contributed by atoms with Gasteiger partial charge in [-0.2, -0.15) is 0 Å². The molecular formula is C10H11N5O2S. The van der Waals surface area contributed by atoms with Crippen LogP contribution in [0.3, 0.4) is 0 Å². The van der Waals surface area contributed by atoms with Crippen molar-refractivity contribution < 1.29 is 8.42 Å². The smallest absolute Gasteiger partial charge is 0.179 e. The molecule has 18 heavy (non-hydrogen) atoms. The first-order chi connectivity index (χ1) is 8.47. The van der Waals surface area contributed by atoms with Crippen molar-refractivity contribution in [3.05, 3.63) is 30.9 Å². The van der Waals surface area contributed by atoms with Crippen molar-refractivity contribution in [3.63, 3.8) is 0 Å².